The Morgan fingerprint density at radius 2 is 1.60 bits per heavy atom. The lowest BCUT2D eigenvalue weighted by molar-refractivity contribution is 0.177. The highest BCUT2D eigenvalue weighted by molar-refractivity contribution is 5.82. The van der Waals surface area contributed by atoms with E-state index in [1.54, 1.807) is 0 Å². The zero-order chi connectivity index (χ0) is 7.98. The summed E-state index contributed by atoms with van der Waals surface area (Å²) < 4.78 is 13.2. The molecule has 10 heavy (non-hydrogen) atoms. The molecule has 0 aromatic heterocycles. The van der Waals surface area contributed by atoms with Crippen LogP contribution in [0.1, 0.15) is 0 Å². The molecule has 5 heteroatoms. The molecule has 58 valence electrons. The largest absolute Gasteiger partial charge is 0.454 e. The molecule has 0 aromatic rings. The first kappa shape index (κ1) is 8.74. The van der Waals surface area contributed by atoms with Crippen LogP contribution in [0.5, 0.6) is 0 Å². The summed E-state index contributed by atoms with van der Waals surface area (Å²) in [4.78, 5) is 13.6. The Bertz CT molecular complexity index is 137. The van der Waals surface area contributed by atoms with Gasteiger partial charge in [0.2, 0.25) is 0 Å². The molecule has 0 saturated heterocycles. The number of hydrogen-bond donors (Lipinski definition) is 0. The van der Waals surface area contributed by atoms with Crippen LogP contribution in [0.25, 0.3) is 0 Å². The average molecular weight is 147 g/mol. The first-order valence-corrected chi connectivity index (χ1v) is 2.49. The van der Waals surface area contributed by atoms with Gasteiger partial charge >= 0.3 is 12.2 Å². The molecule has 0 aromatic carbocycles. The Hall–Kier alpha value is -1.26. The minimum Gasteiger partial charge on any atom is -0.454 e. The normalized spacial score (nSPS) is 7.90. The van der Waals surface area contributed by atoms with Crippen molar-refractivity contribution in [2.24, 2.45) is 4.99 Å². The van der Waals surface area contributed by atoms with E-state index in [0.29, 0.717) is 0 Å². The quantitative estimate of drug-likeness (QED) is 0.367. The van der Waals surface area contributed by atoms with Crippen LogP contribution in [0.3, 0.4) is 0 Å². The third-order valence-corrected chi connectivity index (χ3v) is 0.706. The van der Waals surface area contributed by atoms with E-state index >= 15 is 0 Å². The minimum atomic E-state index is -0.751. The predicted molar refractivity (Wildman–Crippen MR) is 33.9 cm³/mol. The van der Waals surface area contributed by atoms with E-state index in [4.69, 9.17) is 0 Å². The van der Waals surface area contributed by atoms with Gasteiger partial charge in [0, 0.05) is 0 Å². The summed E-state index contributed by atoms with van der Waals surface area (Å²) in [6.07, 6.45) is -0.870. The number of amides is 1. The number of nitrogens with zero attached hydrogens (tertiary/aromatic N) is 1. The maximum atomic E-state index is 10.4. The van der Waals surface area contributed by atoms with Crippen molar-refractivity contribution in [2.45, 2.75) is 0 Å². The van der Waals surface area contributed by atoms with Gasteiger partial charge in [0.1, 0.15) is 0 Å². The van der Waals surface area contributed by atoms with Gasteiger partial charge in [-0.1, -0.05) is 0 Å². The molecule has 0 fully saturated rings. The summed E-state index contributed by atoms with van der Waals surface area (Å²) >= 11 is 0. The molecule has 0 radical (unpaired) electrons. The van der Waals surface area contributed by atoms with Crippen molar-refractivity contribution >= 4 is 12.2 Å². The molecule has 0 bridgehead atoms. The Morgan fingerprint density at radius 3 is 1.90 bits per heavy atom. The fourth-order valence-electron chi connectivity index (χ4n) is 0.295. The standard InChI is InChI=1S/C5H9NO4/c1-8-4(7)6-5(9-2)10-3/h1-3H3. The molecule has 0 aliphatic carbocycles. The predicted octanol–water partition coefficient (Wildman–Crippen LogP) is 0.402. The van der Waals surface area contributed by atoms with Crippen LogP contribution in [-0.4, -0.2) is 33.5 Å². The summed E-state index contributed by atoms with van der Waals surface area (Å²) in [6.45, 7) is 0. The smallest absolute Gasteiger partial charge is 0.439 e. The number of carbonyl (C=O) groups excluding carboxylic acids is 1. The molecule has 0 heterocycles. The molecule has 0 atom stereocenters. The molecule has 0 rings (SSSR count). The SMILES string of the molecule is COC(=O)N=C(OC)OC. The summed E-state index contributed by atoms with van der Waals surface area (Å²) in [6, 6.07) is 0. The molecule has 0 unspecified atom stereocenters. The number of carbonyl (C=O) groups is 1. The molecule has 0 aliphatic rings. The topological polar surface area (TPSA) is 57.1 Å². The van der Waals surface area contributed by atoms with Crippen LogP contribution >= 0.6 is 0 Å². The van der Waals surface area contributed by atoms with E-state index in [-0.39, 0.29) is 6.08 Å². The van der Waals surface area contributed by atoms with Gasteiger partial charge in [-0.3, -0.25) is 0 Å². The van der Waals surface area contributed by atoms with Gasteiger partial charge in [-0.2, -0.15) is 0 Å². The molecule has 0 aliphatic heterocycles. The van der Waals surface area contributed by atoms with E-state index in [1.165, 1.54) is 21.3 Å². The highest BCUT2D eigenvalue weighted by Crippen LogP contribution is 1.85. The Labute approximate surface area is 58.6 Å². The van der Waals surface area contributed by atoms with Crippen LogP contribution in [0.15, 0.2) is 4.99 Å². The molecular formula is C5H9NO4. The third kappa shape index (κ3) is 2.91. The maximum absolute atomic E-state index is 10.4. The molecule has 0 spiro atoms. The summed E-state index contributed by atoms with van der Waals surface area (Å²) in [5.41, 5.74) is 0. The number of aliphatic imine (C=N–C) groups is 1. The third-order valence-electron chi connectivity index (χ3n) is 0.706. The first-order valence-electron chi connectivity index (χ1n) is 2.49. The van der Waals surface area contributed by atoms with Crippen LogP contribution in [-0.2, 0) is 14.2 Å². The first-order chi connectivity index (χ1) is 4.74. The van der Waals surface area contributed by atoms with E-state index in [1.807, 2.05) is 0 Å². The fourth-order valence-corrected chi connectivity index (χ4v) is 0.295. The molecule has 5 nitrogen and oxygen atoms in total. The fraction of sp³-hybridized carbons (Fsp3) is 0.600. The van der Waals surface area contributed by atoms with Crippen molar-refractivity contribution in [2.75, 3.05) is 21.3 Å². The second kappa shape index (κ2) is 4.60. The van der Waals surface area contributed by atoms with E-state index in [9.17, 15) is 4.79 Å². The second-order valence-corrected chi connectivity index (χ2v) is 1.26. The second-order valence-electron chi connectivity index (χ2n) is 1.26. The van der Waals surface area contributed by atoms with Gasteiger partial charge in [0.25, 0.3) is 0 Å². The van der Waals surface area contributed by atoms with Crippen molar-refractivity contribution in [3.05, 3.63) is 0 Å². The molecule has 0 saturated carbocycles. The Balaban J connectivity index is 3.96. The van der Waals surface area contributed by atoms with Crippen LogP contribution < -0.4 is 0 Å². The van der Waals surface area contributed by atoms with Gasteiger partial charge in [-0.25, -0.2) is 4.79 Å². The number of rotatable bonds is 0. The van der Waals surface area contributed by atoms with Crippen molar-refractivity contribution in [3.63, 3.8) is 0 Å². The van der Waals surface area contributed by atoms with E-state index in [0.717, 1.165) is 0 Å². The van der Waals surface area contributed by atoms with Gasteiger partial charge in [0.15, 0.2) is 0 Å². The lowest BCUT2D eigenvalue weighted by Gasteiger charge is -1.99. The van der Waals surface area contributed by atoms with Crippen LogP contribution in [0.2, 0.25) is 0 Å². The number of hydrogen-bond acceptors (Lipinski definition) is 4. The van der Waals surface area contributed by atoms with Gasteiger partial charge in [-0.15, -0.1) is 4.99 Å². The minimum absolute atomic E-state index is 0.119. The van der Waals surface area contributed by atoms with Gasteiger partial charge in [-0.05, 0) is 0 Å². The zero-order valence-corrected chi connectivity index (χ0v) is 6.08. The molecular weight excluding hydrogens is 138 g/mol. The van der Waals surface area contributed by atoms with Crippen molar-refractivity contribution in [1.82, 2.24) is 0 Å². The molecule has 0 N–H and O–H groups in total. The molecule has 1 amide bonds. The number of ether oxygens (including phenoxy) is 3. The Kier molecular flexibility index (Phi) is 4.02. The lowest BCUT2D eigenvalue weighted by Crippen LogP contribution is -2.07. The maximum Gasteiger partial charge on any atom is 0.439 e. The van der Waals surface area contributed by atoms with E-state index < -0.39 is 6.09 Å². The summed E-state index contributed by atoms with van der Waals surface area (Å²) in [7, 11) is 3.89. The van der Waals surface area contributed by atoms with Crippen LogP contribution in [0, 0.1) is 0 Å². The van der Waals surface area contributed by atoms with Crippen molar-refractivity contribution in [1.29, 1.82) is 0 Å². The van der Waals surface area contributed by atoms with Crippen LogP contribution in [0.4, 0.5) is 4.79 Å². The Morgan fingerprint density at radius 1 is 1.10 bits per heavy atom. The lowest BCUT2D eigenvalue weighted by atomic mass is 11.1. The van der Waals surface area contributed by atoms with Crippen molar-refractivity contribution < 1.29 is 19.0 Å². The number of methoxy groups -OCH3 is 3. The summed E-state index contributed by atoms with van der Waals surface area (Å²) in [5.74, 6) is 0. The monoisotopic (exact) mass is 147 g/mol. The summed E-state index contributed by atoms with van der Waals surface area (Å²) in [5, 5.41) is 0. The van der Waals surface area contributed by atoms with Gasteiger partial charge in [0.05, 0.1) is 21.3 Å². The highest BCUT2D eigenvalue weighted by Gasteiger charge is 2.00. The van der Waals surface area contributed by atoms with Gasteiger partial charge < -0.3 is 14.2 Å². The van der Waals surface area contributed by atoms with E-state index in [2.05, 4.69) is 19.2 Å². The zero-order valence-electron chi connectivity index (χ0n) is 6.08. The average Bonchev–Trinajstić information content (AvgIpc) is 1.99. The van der Waals surface area contributed by atoms with Crippen molar-refractivity contribution in [3.8, 4) is 0 Å². The highest BCUT2D eigenvalue weighted by atomic mass is 16.7.